The number of carbonyl (C=O) groups excluding carboxylic acids is 1. The first kappa shape index (κ1) is 21.2. The van der Waals surface area contributed by atoms with Gasteiger partial charge in [0.15, 0.2) is 0 Å². The average molecular weight is 448 g/mol. The van der Waals surface area contributed by atoms with Crippen LogP contribution < -0.4 is 5.32 Å². The average Bonchev–Trinajstić information content (AvgIpc) is 3.17. The summed E-state index contributed by atoms with van der Waals surface area (Å²) >= 11 is 0. The van der Waals surface area contributed by atoms with Gasteiger partial charge in [-0.25, -0.2) is 13.8 Å². The van der Waals surface area contributed by atoms with Crippen LogP contribution in [0, 0.1) is 11.6 Å². The van der Waals surface area contributed by atoms with Crippen molar-refractivity contribution in [3.63, 3.8) is 0 Å². The van der Waals surface area contributed by atoms with Gasteiger partial charge in [-0.15, -0.1) is 0 Å². The molecule has 0 bridgehead atoms. The van der Waals surface area contributed by atoms with Crippen molar-refractivity contribution in [3.05, 3.63) is 78.0 Å². The Kier molecular flexibility index (Phi) is 5.60. The topological polar surface area (TPSA) is 80.0 Å². The molecule has 2 heterocycles. The molecule has 1 saturated carbocycles. The van der Waals surface area contributed by atoms with Gasteiger partial charge in [0.25, 0.3) is 5.91 Å². The number of halogens is 2. The molecule has 2 aromatic carbocycles. The van der Waals surface area contributed by atoms with Crippen LogP contribution in [0.25, 0.3) is 22.3 Å². The van der Waals surface area contributed by atoms with Crippen LogP contribution in [0.5, 0.6) is 0 Å². The van der Waals surface area contributed by atoms with E-state index in [-0.39, 0.29) is 29.0 Å². The largest absolute Gasteiger partial charge is 0.393 e. The van der Waals surface area contributed by atoms with E-state index in [2.05, 4.69) is 15.3 Å². The molecule has 1 aliphatic rings. The van der Waals surface area contributed by atoms with Crippen LogP contribution in [0.2, 0.25) is 0 Å². The van der Waals surface area contributed by atoms with Crippen molar-refractivity contribution in [3.8, 4) is 11.3 Å². The molecule has 0 radical (unpaired) electrons. The summed E-state index contributed by atoms with van der Waals surface area (Å²) in [6.07, 6.45) is 4.08. The maximum absolute atomic E-state index is 14.2. The summed E-state index contributed by atoms with van der Waals surface area (Å²) in [7, 11) is 0. The fraction of sp³-hybridized carbons (Fsp3) is 0.240. The Morgan fingerprint density at radius 2 is 1.82 bits per heavy atom. The summed E-state index contributed by atoms with van der Waals surface area (Å²) in [6, 6.07) is 14.0. The van der Waals surface area contributed by atoms with E-state index in [0.29, 0.717) is 18.8 Å². The third-order valence-corrected chi connectivity index (χ3v) is 6.08. The van der Waals surface area contributed by atoms with Gasteiger partial charge in [0.1, 0.15) is 11.6 Å². The van der Waals surface area contributed by atoms with E-state index in [9.17, 15) is 18.7 Å². The van der Waals surface area contributed by atoms with Crippen molar-refractivity contribution in [2.24, 2.45) is 0 Å². The third-order valence-electron chi connectivity index (χ3n) is 6.08. The predicted octanol–water partition coefficient (Wildman–Crippen LogP) is 5.10. The zero-order valence-electron chi connectivity index (χ0n) is 17.7. The molecule has 0 atom stereocenters. The molecule has 0 spiro atoms. The van der Waals surface area contributed by atoms with E-state index in [0.717, 1.165) is 36.0 Å². The number of imidazole rings is 1. The van der Waals surface area contributed by atoms with Crippen LogP contribution in [0.4, 0.5) is 14.7 Å². The van der Waals surface area contributed by atoms with Crippen molar-refractivity contribution >= 4 is 22.9 Å². The number of carbonyl (C=O) groups is 1. The summed E-state index contributed by atoms with van der Waals surface area (Å²) in [5.41, 5.74) is 2.30. The van der Waals surface area contributed by atoms with E-state index in [1.807, 2.05) is 28.8 Å². The van der Waals surface area contributed by atoms with E-state index in [1.165, 1.54) is 24.4 Å². The number of aromatic nitrogens is 3. The summed E-state index contributed by atoms with van der Waals surface area (Å²) in [5.74, 6) is -1.41. The number of aliphatic hydroxyl groups is 1. The smallest absolute Gasteiger partial charge is 0.258 e. The number of para-hydroxylation sites is 2. The molecule has 6 nitrogen and oxygen atoms in total. The minimum absolute atomic E-state index is 0.109. The molecule has 1 aliphatic carbocycles. The highest BCUT2D eigenvalue weighted by Crippen LogP contribution is 2.34. The number of nitrogens with zero attached hydrogens (tertiary/aromatic N) is 3. The minimum Gasteiger partial charge on any atom is -0.393 e. The Labute approximate surface area is 188 Å². The summed E-state index contributed by atoms with van der Waals surface area (Å²) in [5, 5.41) is 12.8. The second kappa shape index (κ2) is 8.71. The van der Waals surface area contributed by atoms with Gasteiger partial charge in [-0.1, -0.05) is 12.1 Å². The van der Waals surface area contributed by atoms with Gasteiger partial charge < -0.3 is 9.67 Å². The van der Waals surface area contributed by atoms with Crippen LogP contribution in [-0.2, 0) is 0 Å². The maximum atomic E-state index is 14.2. The molecular weight excluding hydrogens is 426 g/mol. The molecule has 33 heavy (non-hydrogen) atoms. The number of rotatable bonds is 4. The SMILES string of the molecule is O=C(Nc1nc2ccccc2n1C1CCC(O)CC1)c1ccnc(-c2ccc(F)cc2F)c1. The summed E-state index contributed by atoms with van der Waals surface area (Å²) in [4.78, 5) is 21.9. The Hall–Kier alpha value is -3.65. The summed E-state index contributed by atoms with van der Waals surface area (Å²) < 4.78 is 29.5. The Balaban J connectivity index is 1.47. The number of amides is 1. The van der Waals surface area contributed by atoms with E-state index < -0.39 is 17.5 Å². The number of hydrogen-bond acceptors (Lipinski definition) is 4. The fourth-order valence-corrected chi connectivity index (χ4v) is 4.41. The molecule has 2 aromatic heterocycles. The molecule has 1 fully saturated rings. The van der Waals surface area contributed by atoms with Crippen molar-refractivity contribution in [1.29, 1.82) is 0 Å². The Morgan fingerprint density at radius 3 is 2.61 bits per heavy atom. The highest BCUT2D eigenvalue weighted by molar-refractivity contribution is 6.04. The molecule has 8 heteroatoms. The van der Waals surface area contributed by atoms with E-state index >= 15 is 0 Å². The number of hydrogen-bond donors (Lipinski definition) is 2. The van der Waals surface area contributed by atoms with E-state index in [4.69, 9.17) is 0 Å². The number of benzene rings is 2. The Bertz CT molecular complexity index is 1330. The monoisotopic (exact) mass is 448 g/mol. The third kappa shape index (κ3) is 4.21. The van der Waals surface area contributed by atoms with Gasteiger partial charge in [-0.3, -0.25) is 15.1 Å². The van der Waals surface area contributed by atoms with Gasteiger partial charge in [-0.2, -0.15) is 0 Å². The lowest BCUT2D eigenvalue weighted by molar-refractivity contribution is 0.102. The zero-order chi connectivity index (χ0) is 22.9. The van der Waals surface area contributed by atoms with Crippen molar-refractivity contribution < 1.29 is 18.7 Å². The molecule has 1 amide bonds. The highest BCUT2D eigenvalue weighted by Gasteiger charge is 2.25. The van der Waals surface area contributed by atoms with Crippen molar-refractivity contribution in [2.45, 2.75) is 37.8 Å². The normalized spacial score (nSPS) is 18.4. The molecule has 168 valence electrons. The lowest BCUT2D eigenvalue weighted by Crippen LogP contribution is -2.23. The fourth-order valence-electron chi connectivity index (χ4n) is 4.41. The van der Waals surface area contributed by atoms with Gasteiger partial charge in [0, 0.05) is 29.4 Å². The lowest BCUT2D eigenvalue weighted by atomic mass is 9.93. The number of anilines is 1. The highest BCUT2D eigenvalue weighted by atomic mass is 19.1. The number of nitrogens with one attached hydrogen (secondary N) is 1. The van der Waals surface area contributed by atoms with Crippen LogP contribution in [0.3, 0.4) is 0 Å². The summed E-state index contributed by atoms with van der Waals surface area (Å²) in [6.45, 7) is 0. The Morgan fingerprint density at radius 1 is 1.03 bits per heavy atom. The molecule has 5 rings (SSSR count). The van der Waals surface area contributed by atoms with Crippen LogP contribution >= 0.6 is 0 Å². The molecule has 2 N–H and O–H groups in total. The standard InChI is InChI=1S/C25H22F2N4O2/c26-16-5-10-19(20(27)14-16)22-13-15(11-12-28-22)24(33)30-25-29-21-3-1-2-4-23(21)31(25)17-6-8-18(32)9-7-17/h1-5,10-14,17-18,32H,6-9H2,(H,29,30,33). The van der Waals surface area contributed by atoms with Gasteiger partial charge in [0.2, 0.25) is 5.95 Å². The molecular formula is C25H22F2N4O2. The minimum atomic E-state index is -0.749. The zero-order valence-corrected chi connectivity index (χ0v) is 17.7. The number of fused-ring (bicyclic) bond motifs is 1. The lowest BCUT2D eigenvalue weighted by Gasteiger charge is -2.28. The molecule has 0 aliphatic heterocycles. The van der Waals surface area contributed by atoms with Crippen LogP contribution in [-0.4, -0.2) is 31.7 Å². The first-order valence-electron chi connectivity index (χ1n) is 10.9. The van der Waals surface area contributed by atoms with Crippen molar-refractivity contribution in [2.75, 3.05) is 5.32 Å². The second-order valence-corrected chi connectivity index (χ2v) is 8.26. The van der Waals surface area contributed by atoms with Crippen molar-refractivity contribution in [1.82, 2.24) is 14.5 Å². The van der Waals surface area contributed by atoms with Crippen LogP contribution in [0.1, 0.15) is 42.1 Å². The molecule has 0 unspecified atom stereocenters. The first-order chi connectivity index (χ1) is 16.0. The quantitative estimate of drug-likeness (QED) is 0.455. The second-order valence-electron chi connectivity index (χ2n) is 8.26. The van der Waals surface area contributed by atoms with Gasteiger partial charge in [-0.05, 0) is 62.1 Å². The molecule has 4 aromatic rings. The van der Waals surface area contributed by atoms with Crippen LogP contribution in [0.15, 0.2) is 60.8 Å². The number of pyridine rings is 1. The van der Waals surface area contributed by atoms with Gasteiger partial charge in [0.05, 0.1) is 22.8 Å². The molecule has 0 saturated heterocycles. The first-order valence-corrected chi connectivity index (χ1v) is 10.9. The maximum Gasteiger partial charge on any atom is 0.258 e. The number of aliphatic hydroxyl groups excluding tert-OH is 1. The predicted molar refractivity (Wildman–Crippen MR) is 121 cm³/mol. The van der Waals surface area contributed by atoms with Gasteiger partial charge >= 0.3 is 0 Å². The van der Waals surface area contributed by atoms with E-state index in [1.54, 1.807) is 0 Å².